The van der Waals surface area contributed by atoms with E-state index >= 15 is 0 Å². The predicted octanol–water partition coefficient (Wildman–Crippen LogP) is 8.95. The first kappa shape index (κ1) is 45.0. The van der Waals surface area contributed by atoms with E-state index in [9.17, 15) is 19.2 Å². The van der Waals surface area contributed by atoms with E-state index in [-0.39, 0.29) is 53.8 Å². The average molecular weight is 865 g/mol. The van der Waals surface area contributed by atoms with Crippen LogP contribution in [0.15, 0.2) is 0 Å². The summed E-state index contributed by atoms with van der Waals surface area (Å²) in [5.41, 5.74) is 0. The summed E-state index contributed by atoms with van der Waals surface area (Å²) in [6.07, 6.45) is 15.5. The molecule has 12 fully saturated rings. The van der Waals surface area contributed by atoms with Gasteiger partial charge in [-0.3, -0.25) is 19.2 Å². The fourth-order valence-electron chi connectivity index (χ4n) is 17.7. The van der Waals surface area contributed by atoms with Gasteiger partial charge in [0.25, 0.3) is 0 Å². The minimum Gasteiger partial charge on any atom is -0.465 e. The van der Waals surface area contributed by atoms with Gasteiger partial charge in [-0.2, -0.15) is 0 Å². The van der Waals surface area contributed by atoms with Crippen molar-refractivity contribution in [1.82, 2.24) is 0 Å². The van der Waals surface area contributed by atoms with Crippen molar-refractivity contribution in [3.8, 4) is 0 Å². The largest absolute Gasteiger partial charge is 0.465 e. The van der Waals surface area contributed by atoms with Crippen LogP contribution in [0.2, 0.25) is 0 Å². The molecule has 6 heterocycles. The third kappa shape index (κ3) is 7.12. The van der Waals surface area contributed by atoms with E-state index in [0.29, 0.717) is 97.1 Å². The summed E-state index contributed by atoms with van der Waals surface area (Å²) in [5.74, 6) is 12.0. The van der Waals surface area contributed by atoms with Crippen molar-refractivity contribution in [2.24, 2.45) is 118 Å². The van der Waals surface area contributed by atoms with Crippen LogP contribution in [0, 0.1) is 118 Å². The molecule has 348 valence electrons. The normalized spacial score (nSPS) is 51.1. The van der Waals surface area contributed by atoms with Crippen LogP contribution >= 0.6 is 0 Å². The molecule has 12 aliphatic rings. The van der Waals surface area contributed by atoms with Crippen molar-refractivity contribution in [1.29, 1.82) is 0 Å². The molecule has 6 aliphatic heterocycles. The van der Waals surface area contributed by atoms with Gasteiger partial charge >= 0.3 is 23.9 Å². The van der Waals surface area contributed by atoms with Gasteiger partial charge in [-0.15, -0.1) is 0 Å². The number of ether oxygens (including phenoxy) is 6. The number of rotatable bonds is 8. The molecular formula is C52H80O10. The number of esters is 4. The van der Waals surface area contributed by atoms with Crippen molar-refractivity contribution in [2.45, 2.75) is 157 Å². The molecule has 10 nitrogen and oxygen atoms in total. The van der Waals surface area contributed by atoms with E-state index in [2.05, 4.69) is 55.4 Å². The molecule has 0 aromatic rings. The summed E-state index contributed by atoms with van der Waals surface area (Å²) in [5, 5.41) is 0. The molecule has 0 aromatic carbocycles. The van der Waals surface area contributed by atoms with Crippen LogP contribution in [0.4, 0.5) is 0 Å². The lowest BCUT2D eigenvalue weighted by atomic mass is 9.67. The third-order valence-electron chi connectivity index (χ3n) is 20.1. The SMILES string of the molecule is CCC1CC(CC)C2C(=O)OCC12.CCC1CC(CC)C2C3CC(C4COC(=O)C43)C12.CCC1OC(CC)C2C(=O)OCC12.CCC1OC(CC)C2C3CC(C4COC(=O)C43)C12. The van der Waals surface area contributed by atoms with Gasteiger partial charge in [-0.1, -0.05) is 81.1 Å². The van der Waals surface area contributed by atoms with Crippen molar-refractivity contribution < 1.29 is 47.6 Å². The minimum absolute atomic E-state index is 0.0231. The molecular weight excluding hydrogens is 785 g/mol. The van der Waals surface area contributed by atoms with Crippen LogP contribution in [0.3, 0.4) is 0 Å². The molecule has 0 aromatic heterocycles. The molecule has 0 spiro atoms. The molecule has 62 heavy (non-hydrogen) atoms. The molecule has 0 N–H and O–H groups in total. The first-order chi connectivity index (χ1) is 30.1. The molecule has 6 saturated heterocycles. The van der Waals surface area contributed by atoms with E-state index in [1.807, 2.05) is 0 Å². The van der Waals surface area contributed by atoms with Gasteiger partial charge < -0.3 is 28.4 Å². The predicted molar refractivity (Wildman–Crippen MR) is 232 cm³/mol. The maximum absolute atomic E-state index is 12.0. The first-order valence-corrected chi connectivity index (χ1v) is 26.0. The van der Waals surface area contributed by atoms with E-state index < -0.39 is 0 Å². The van der Waals surface area contributed by atoms with Crippen LogP contribution in [-0.4, -0.2) is 74.7 Å². The molecule has 0 amide bonds. The lowest BCUT2D eigenvalue weighted by Gasteiger charge is -2.35. The van der Waals surface area contributed by atoms with Gasteiger partial charge in [0.1, 0.15) is 0 Å². The number of hydrogen-bond donors (Lipinski definition) is 0. The Bertz CT molecular complexity index is 1530. The zero-order valence-electron chi connectivity index (χ0n) is 39.3. The maximum Gasteiger partial charge on any atom is 0.312 e. The Morgan fingerprint density at radius 1 is 0.323 bits per heavy atom. The Balaban J connectivity index is 0.000000107. The number of carbonyl (C=O) groups is 4. The maximum atomic E-state index is 12.0. The van der Waals surface area contributed by atoms with Crippen molar-refractivity contribution >= 4 is 23.9 Å². The fraction of sp³-hybridized carbons (Fsp3) is 0.923. The molecule has 6 aliphatic carbocycles. The van der Waals surface area contributed by atoms with Gasteiger partial charge in [0, 0.05) is 23.7 Å². The zero-order chi connectivity index (χ0) is 43.7. The zero-order valence-corrected chi connectivity index (χ0v) is 39.3. The van der Waals surface area contributed by atoms with E-state index in [0.717, 1.165) is 74.2 Å². The summed E-state index contributed by atoms with van der Waals surface area (Å²) in [6, 6.07) is 0. The average Bonchev–Trinajstić information content (AvgIpc) is 4.12. The smallest absolute Gasteiger partial charge is 0.312 e. The molecule has 12 rings (SSSR count). The second-order valence-corrected chi connectivity index (χ2v) is 21.9. The molecule has 24 unspecified atom stereocenters. The third-order valence-corrected chi connectivity index (χ3v) is 20.1. The number of carbonyl (C=O) groups excluding carboxylic acids is 4. The standard InChI is InChI=1S/C16H24O2.C15H22O3.C11H18O2.C10H16O3/c1-3-8-5-9(4-2)14-11-6-10(13(8)14)12-7-18-16(17)15(11)12;1-3-10-13-7-5-8(14(13)11(4-2)18-10)12-9(7)6-17-15(12)16;1-3-7-5-8(4-2)10-9(7)6-13-11(10)12;1-3-7-6-5-12-10(11)9(6)8(4-2)13-7/h8-15H,3-7H2,1-2H3;7-14H,3-6H2,1-2H3;7-10H,3-6H2,1-2H3;6-9H,3-5H2,1-2H3. The summed E-state index contributed by atoms with van der Waals surface area (Å²) < 4.78 is 33.0. The highest BCUT2D eigenvalue weighted by Gasteiger charge is 2.69. The molecule has 10 heteroatoms. The van der Waals surface area contributed by atoms with Gasteiger partial charge in [0.15, 0.2) is 0 Å². The lowest BCUT2D eigenvalue weighted by Crippen LogP contribution is -2.38. The monoisotopic (exact) mass is 865 g/mol. The highest BCUT2D eigenvalue weighted by Crippen LogP contribution is 2.69. The quantitative estimate of drug-likeness (QED) is 0.173. The van der Waals surface area contributed by atoms with Crippen LogP contribution in [0.1, 0.15) is 132 Å². The summed E-state index contributed by atoms with van der Waals surface area (Å²) in [4.78, 5) is 46.7. The van der Waals surface area contributed by atoms with Crippen LogP contribution in [-0.2, 0) is 47.6 Å². The Kier molecular flexibility index (Phi) is 13.2. The van der Waals surface area contributed by atoms with Crippen LogP contribution in [0.5, 0.6) is 0 Å². The van der Waals surface area contributed by atoms with Gasteiger partial charge in [0.2, 0.25) is 0 Å². The van der Waals surface area contributed by atoms with E-state index in [1.54, 1.807) is 0 Å². The topological polar surface area (TPSA) is 124 Å². The minimum atomic E-state index is -0.0483. The van der Waals surface area contributed by atoms with E-state index in [4.69, 9.17) is 28.4 Å². The van der Waals surface area contributed by atoms with Crippen molar-refractivity contribution in [3.05, 3.63) is 0 Å². The van der Waals surface area contributed by atoms with Crippen molar-refractivity contribution in [2.75, 3.05) is 26.4 Å². The van der Waals surface area contributed by atoms with Crippen LogP contribution < -0.4 is 0 Å². The van der Waals surface area contributed by atoms with Crippen LogP contribution in [0.25, 0.3) is 0 Å². The Hall–Kier alpha value is -2.20. The summed E-state index contributed by atoms with van der Waals surface area (Å²) in [7, 11) is 0. The van der Waals surface area contributed by atoms with Crippen molar-refractivity contribution in [3.63, 3.8) is 0 Å². The molecule has 24 atom stereocenters. The second-order valence-electron chi connectivity index (χ2n) is 21.9. The Labute approximate surface area is 372 Å². The Morgan fingerprint density at radius 2 is 0.710 bits per heavy atom. The van der Waals surface area contributed by atoms with Gasteiger partial charge in [0.05, 0.1) is 74.5 Å². The lowest BCUT2D eigenvalue weighted by molar-refractivity contribution is -0.145. The summed E-state index contributed by atoms with van der Waals surface area (Å²) in [6.45, 7) is 20.4. The molecule has 0 radical (unpaired) electrons. The van der Waals surface area contributed by atoms with Gasteiger partial charge in [-0.05, 0) is 122 Å². The fourth-order valence-corrected chi connectivity index (χ4v) is 17.7. The number of cyclic esters (lactones) is 4. The highest BCUT2D eigenvalue weighted by atomic mass is 16.6. The second kappa shape index (κ2) is 18.2. The van der Waals surface area contributed by atoms with E-state index in [1.165, 1.54) is 44.9 Å². The Morgan fingerprint density at radius 3 is 1.23 bits per heavy atom. The molecule has 4 bridgehead atoms. The number of hydrogen-bond acceptors (Lipinski definition) is 10. The molecule has 6 saturated carbocycles. The van der Waals surface area contributed by atoms with Gasteiger partial charge in [-0.25, -0.2) is 0 Å². The summed E-state index contributed by atoms with van der Waals surface area (Å²) >= 11 is 0. The number of fused-ring (bicyclic) bond motifs is 18. The first-order valence-electron chi connectivity index (χ1n) is 26.0. The highest BCUT2D eigenvalue weighted by molar-refractivity contribution is 5.77.